The number of carbonyl (C=O) groups is 2. The molecular formula is C27H31NO3. The molecule has 4 rings (SSSR count). The number of carbonyl (C=O) groups excluding carboxylic acids is 2. The van der Waals surface area contributed by atoms with Crippen LogP contribution in [0, 0.1) is 5.41 Å². The Balaban J connectivity index is 1.87. The van der Waals surface area contributed by atoms with E-state index in [2.05, 4.69) is 39.8 Å². The first-order chi connectivity index (χ1) is 14.7. The average molecular weight is 418 g/mol. The van der Waals surface area contributed by atoms with Gasteiger partial charge in [-0.2, -0.15) is 0 Å². The lowest BCUT2D eigenvalue weighted by molar-refractivity contribution is -0.121. The van der Waals surface area contributed by atoms with Crippen LogP contribution >= 0.6 is 0 Å². The van der Waals surface area contributed by atoms with Crippen LogP contribution in [-0.2, 0) is 9.59 Å². The van der Waals surface area contributed by atoms with E-state index in [0.29, 0.717) is 18.8 Å². The van der Waals surface area contributed by atoms with Crippen molar-refractivity contribution in [2.24, 2.45) is 5.41 Å². The second-order valence-corrected chi connectivity index (χ2v) is 9.78. The van der Waals surface area contributed by atoms with Crippen molar-refractivity contribution in [2.75, 3.05) is 12.0 Å². The third-order valence-corrected chi connectivity index (χ3v) is 6.48. The van der Waals surface area contributed by atoms with Crippen molar-refractivity contribution in [2.45, 2.75) is 58.8 Å². The quantitative estimate of drug-likeness (QED) is 0.614. The highest BCUT2D eigenvalue weighted by atomic mass is 16.5. The molecule has 1 atom stereocenters. The van der Waals surface area contributed by atoms with Crippen molar-refractivity contribution in [3.8, 4) is 5.75 Å². The van der Waals surface area contributed by atoms with Gasteiger partial charge in [0.25, 0.3) is 0 Å². The zero-order valence-electron chi connectivity index (χ0n) is 19.1. The van der Waals surface area contributed by atoms with Gasteiger partial charge in [0.05, 0.1) is 7.11 Å². The van der Waals surface area contributed by atoms with Gasteiger partial charge in [0.1, 0.15) is 5.75 Å². The molecule has 1 unspecified atom stereocenters. The largest absolute Gasteiger partial charge is 0.496 e. The van der Waals surface area contributed by atoms with Gasteiger partial charge in [0, 0.05) is 41.3 Å². The maximum Gasteiger partial charge on any atom is 0.232 e. The monoisotopic (exact) mass is 417 g/mol. The number of anilines is 1. The van der Waals surface area contributed by atoms with Crippen LogP contribution in [-0.4, -0.2) is 18.8 Å². The van der Waals surface area contributed by atoms with E-state index in [1.807, 2.05) is 36.4 Å². The van der Waals surface area contributed by atoms with Crippen LogP contribution in [0.3, 0.4) is 0 Å². The van der Waals surface area contributed by atoms with E-state index in [1.165, 1.54) is 5.56 Å². The van der Waals surface area contributed by atoms with Crippen molar-refractivity contribution in [3.05, 3.63) is 70.9 Å². The lowest BCUT2D eigenvalue weighted by Crippen LogP contribution is -2.43. The molecule has 2 aromatic carbocycles. The SMILES string of the molecule is COc1ccccc1C1CC(=O)N(c2ccc(C(C)C)cc2)C2=C1C(=O)CC(C)(C)C2. The number of hydrogen-bond donors (Lipinski definition) is 0. The Morgan fingerprint density at radius 1 is 1.00 bits per heavy atom. The molecule has 4 nitrogen and oxygen atoms in total. The highest BCUT2D eigenvalue weighted by Gasteiger charge is 2.44. The lowest BCUT2D eigenvalue weighted by Gasteiger charge is -2.43. The van der Waals surface area contributed by atoms with Gasteiger partial charge in [-0.25, -0.2) is 0 Å². The number of rotatable bonds is 4. The van der Waals surface area contributed by atoms with Gasteiger partial charge in [-0.3, -0.25) is 14.5 Å². The summed E-state index contributed by atoms with van der Waals surface area (Å²) in [5, 5.41) is 0. The topological polar surface area (TPSA) is 46.6 Å². The van der Waals surface area contributed by atoms with E-state index in [4.69, 9.17) is 4.74 Å². The Morgan fingerprint density at radius 3 is 2.32 bits per heavy atom. The predicted octanol–water partition coefficient (Wildman–Crippen LogP) is 5.98. The van der Waals surface area contributed by atoms with Gasteiger partial charge < -0.3 is 4.74 Å². The fourth-order valence-corrected chi connectivity index (χ4v) is 4.94. The van der Waals surface area contributed by atoms with Crippen LogP contribution in [0.15, 0.2) is 59.8 Å². The highest BCUT2D eigenvalue weighted by molar-refractivity contribution is 6.08. The molecule has 0 fully saturated rings. The van der Waals surface area contributed by atoms with Crippen LogP contribution in [0.1, 0.15) is 69.9 Å². The number of amides is 1. The first-order valence-electron chi connectivity index (χ1n) is 11.0. The Kier molecular flexibility index (Phi) is 5.50. The van der Waals surface area contributed by atoms with Gasteiger partial charge in [0.2, 0.25) is 5.91 Å². The van der Waals surface area contributed by atoms with Crippen LogP contribution in [0.2, 0.25) is 0 Å². The van der Waals surface area contributed by atoms with Gasteiger partial charge in [0.15, 0.2) is 5.78 Å². The Morgan fingerprint density at radius 2 is 1.68 bits per heavy atom. The first-order valence-corrected chi connectivity index (χ1v) is 11.0. The van der Waals surface area contributed by atoms with E-state index in [9.17, 15) is 9.59 Å². The Bertz CT molecular complexity index is 1050. The van der Waals surface area contributed by atoms with Gasteiger partial charge in [-0.05, 0) is 41.5 Å². The summed E-state index contributed by atoms with van der Waals surface area (Å²) in [5.41, 5.74) is 4.42. The number of ketones is 1. The van der Waals surface area contributed by atoms with Crippen LogP contribution < -0.4 is 9.64 Å². The summed E-state index contributed by atoms with van der Waals surface area (Å²) >= 11 is 0. The number of allylic oxidation sites excluding steroid dienone is 2. The summed E-state index contributed by atoms with van der Waals surface area (Å²) in [6.07, 6.45) is 1.44. The molecule has 0 spiro atoms. The normalized spacial score (nSPS) is 20.8. The number of hydrogen-bond acceptors (Lipinski definition) is 3. The molecule has 1 aliphatic carbocycles. The van der Waals surface area contributed by atoms with E-state index in [0.717, 1.165) is 28.3 Å². The number of Topliss-reactive ketones (excluding diaryl/α,β-unsaturated/α-hetero) is 1. The van der Waals surface area contributed by atoms with Crippen molar-refractivity contribution in [3.63, 3.8) is 0 Å². The fraction of sp³-hybridized carbons (Fsp3) is 0.407. The van der Waals surface area contributed by atoms with E-state index >= 15 is 0 Å². The number of benzene rings is 2. The van der Waals surface area contributed by atoms with Gasteiger partial charge in [-0.1, -0.05) is 58.0 Å². The molecule has 2 aromatic rings. The molecule has 1 heterocycles. The summed E-state index contributed by atoms with van der Waals surface area (Å²) in [5.74, 6) is 1.04. The molecule has 2 aliphatic rings. The van der Waals surface area contributed by atoms with Crippen LogP contribution in [0.5, 0.6) is 5.75 Å². The summed E-state index contributed by atoms with van der Waals surface area (Å²) in [6.45, 7) is 8.52. The molecule has 162 valence electrons. The standard InChI is InChI=1S/C27H31NO3/c1-17(2)18-10-12-19(13-11-18)28-22-15-27(3,4)16-23(29)26(22)21(14-25(28)30)20-8-6-7-9-24(20)31-5/h6-13,17,21H,14-16H2,1-5H3. The molecule has 0 bridgehead atoms. The van der Waals surface area contributed by atoms with E-state index in [-0.39, 0.29) is 29.4 Å². The minimum Gasteiger partial charge on any atom is -0.496 e. The molecule has 4 heteroatoms. The minimum atomic E-state index is -0.270. The molecule has 1 aliphatic heterocycles. The average Bonchev–Trinajstić information content (AvgIpc) is 2.72. The molecule has 31 heavy (non-hydrogen) atoms. The second kappa shape index (κ2) is 7.99. The fourth-order valence-electron chi connectivity index (χ4n) is 4.94. The summed E-state index contributed by atoms with van der Waals surface area (Å²) in [4.78, 5) is 28.7. The van der Waals surface area contributed by atoms with Crippen molar-refractivity contribution in [1.82, 2.24) is 0 Å². The molecular weight excluding hydrogens is 386 g/mol. The van der Waals surface area contributed by atoms with Crippen molar-refractivity contribution < 1.29 is 14.3 Å². The Hall–Kier alpha value is -2.88. The smallest absolute Gasteiger partial charge is 0.232 e. The second-order valence-electron chi connectivity index (χ2n) is 9.78. The Labute approximate surface area is 184 Å². The van der Waals surface area contributed by atoms with Crippen molar-refractivity contribution >= 4 is 17.4 Å². The van der Waals surface area contributed by atoms with E-state index in [1.54, 1.807) is 12.0 Å². The summed E-state index contributed by atoms with van der Waals surface area (Å²) in [7, 11) is 1.63. The van der Waals surface area contributed by atoms with E-state index < -0.39 is 0 Å². The maximum atomic E-state index is 13.5. The number of ether oxygens (including phenoxy) is 1. The first kappa shape index (κ1) is 21.4. The predicted molar refractivity (Wildman–Crippen MR) is 123 cm³/mol. The number of methoxy groups -OCH3 is 1. The zero-order chi connectivity index (χ0) is 22.3. The minimum absolute atomic E-state index is 0.0254. The zero-order valence-corrected chi connectivity index (χ0v) is 19.1. The summed E-state index contributed by atoms with van der Waals surface area (Å²) < 4.78 is 5.58. The molecule has 0 saturated heterocycles. The van der Waals surface area contributed by atoms with Crippen LogP contribution in [0.4, 0.5) is 5.69 Å². The lowest BCUT2D eigenvalue weighted by atomic mass is 9.69. The summed E-state index contributed by atoms with van der Waals surface area (Å²) in [6, 6.07) is 15.9. The maximum absolute atomic E-state index is 13.5. The number of nitrogens with zero attached hydrogens (tertiary/aromatic N) is 1. The van der Waals surface area contributed by atoms with Gasteiger partial charge in [-0.15, -0.1) is 0 Å². The molecule has 0 aromatic heterocycles. The van der Waals surface area contributed by atoms with Crippen LogP contribution in [0.25, 0.3) is 0 Å². The highest BCUT2D eigenvalue weighted by Crippen LogP contribution is 2.49. The van der Waals surface area contributed by atoms with Gasteiger partial charge >= 0.3 is 0 Å². The van der Waals surface area contributed by atoms with Crippen molar-refractivity contribution in [1.29, 1.82) is 0 Å². The third-order valence-electron chi connectivity index (χ3n) is 6.48. The molecule has 0 saturated carbocycles. The third kappa shape index (κ3) is 3.91. The molecule has 0 radical (unpaired) electrons. The molecule has 0 N–H and O–H groups in total. The number of para-hydroxylation sites is 1. The molecule has 1 amide bonds.